The van der Waals surface area contributed by atoms with Gasteiger partial charge >= 0.3 is 5.97 Å². The van der Waals surface area contributed by atoms with Crippen molar-refractivity contribution in [3.05, 3.63) is 95.6 Å². The lowest BCUT2D eigenvalue weighted by atomic mass is 10.1. The number of sulfonamides is 1. The minimum atomic E-state index is -3.88. The maximum absolute atomic E-state index is 13.4. The molecule has 0 bridgehead atoms. The third-order valence-corrected chi connectivity index (χ3v) is 7.36. The Bertz CT molecular complexity index is 1270. The molecule has 8 heteroatoms. The van der Waals surface area contributed by atoms with Crippen molar-refractivity contribution in [2.75, 3.05) is 10.9 Å². The highest BCUT2D eigenvalue weighted by atomic mass is 32.2. The Balaban J connectivity index is 1.43. The third-order valence-electron chi connectivity index (χ3n) is 5.44. The van der Waals surface area contributed by atoms with Crippen molar-refractivity contribution >= 4 is 27.6 Å². The van der Waals surface area contributed by atoms with E-state index in [1.165, 1.54) is 28.6 Å². The van der Waals surface area contributed by atoms with Gasteiger partial charge in [-0.2, -0.15) is 0 Å². The molecule has 0 aromatic heterocycles. The topological polar surface area (TPSA) is 92.8 Å². The Labute approximate surface area is 193 Å². The minimum Gasteiger partial charge on any atom is -0.452 e. The molecule has 1 atom stereocenters. The Morgan fingerprint density at radius 3 is 2.52 bits per heavy atom. The van der Waals surface area contributed by atoms with Crippen molar-refractivity contribution in [3.63, 3.8) is 0 Å². The summed E-state index contributed by atoms with van der Waals surface area (Å²) in [6.45, 7) is 1.71. The minimum absolute atomic E-state index is 0.00553. The number of fused-ring (bicyclic) bond motifs is 1. The van der Waals surface area contributed by atoms with E-state index in [-0.39, 0.29) is 16.5 Å². The van der Waals surface area contributed by atoms with Gasteiger partial charge in [0.2, 0.25) is 0 Å². The molecule has 3 aromatic rings. The van der Waals surface area contributed by atoms with Crippen LogP contribution in [-0.2, 0) is 32.5 Å². The lowest BCUT2D eigenvalue weighted by Crippen LogP contribution is -2.35. The zero-order valence-corrected chi connectivity index (χ0v) is 18.9. The molecule has 7 nitrogen and oxygen atoms in total. The molecule has 0 radical (unpaired) electrons. The van der Waals surface area contributed by atoms with Gasteiger partial charge in [-0.05, 0) is 48.7 Å². The van der Waals surface area contributed by atoms with Crippen LogP contribution in [0.2, 0.25) is 0 Å². The van der Waals surface area contributed by atoms with Gasteiger partial charge in [-0.15, -0.1) is 0 Å². The fourth-order valence-corrected chi connectivity index (χ4v) is 5.60. The number of nitrogens with one attached hydrogen (secondary N) is 1. The molecule has 0 spiro atoms. The molecule has 0 saturated carbocycles. The van der Waals surface area contributed by atoms with Crippen LogP contribution in [0.4, 0.5) is 5.69 Å². The van der Waals surface area contributed by atoms with Crippen LogP contribution in [0, 0.1) is 0 Å². The highest BCUT2D eigenvalue weighted by molar-refractivity contribution is 7.92. The van der Waals surface area contributed by atoms with E-state index >= 15 is 0 Å². The van der Waals surface area contributed by atoms with Crippen molar-refractivity contribution in [1.82, 2.24) is 5.32 Å². The van der Waals surface area contributed by atoms with Crippen molar-refractivity contribution in [2.24, 2.45) is 0 Å². The summed E-state index contributed by atoms with van der Waals surface area (Å²) in [5, 5.41) is 2.67. The predicted molar refractivity (Wildman–Crippen MR) is 124 cm³/mol. The number of amides is 1. The number of rotatable bonds is 7. The number of anilines is 1. The summed E-state index contributed by atoms with van der Waals surface area (Å²) < 4.78 is 33.2. The average Bonchev–Trinajstić information content (AvgIpc) is 3.18. The molecule has 33 heavy (non-hydrogen) atoms. The molecule has 0 saturated heterocycles. The normalized spacial score (nSPS) is 15.1. The molecule has 4 rings (SSSR count). The van der Waals surface area contributed by atoms with Crippen LogP contribution >= 0.6 is 0 Å². The van der Waals surface area contributed by atoms with E-state index in [1.54, 1.807) is 12.1 Å². The summed E-state index contributed by atoms with van der Waals surface area (Å²) in [6, 6.07) is 22.2. The second-order valence-electron chi connectivity index (χ2n) is 7.85. The van der Waals surface area contributed by atoms with Gasteiger partial charge in [0.05, 0.1) is 16.1 Å². The third kappa shape index (κ3) is 4.90. The first-order valence-corrected chi connectivity index (χ1v) is 12.0. The van der Waals surface area contributed by atoms with Gasteiger partial charge in [-0.3, -0.25) is 9.10 Å². The Kier molecular flexibility index (Phi) is 6.46. The summed E-state index contributed by atoms with van der Waals surface area (Å²) in [4.78, 5) is 24.5. The first-order chi connectivity index (χ1) is 15.9. The predicted octanol–water partition coefficient (Wildman–Crippen LogP) is 3.30. The van der Waals surface area contributed by atoms with E-state index in [0.29, 0.717) is 18.7 Å². The van der Waals surface area contributed by atoms with Gasteiger partial charge in [0.1, 0.15) is 0 Å². The van der Waals surface area contributed by atoms with Crippen molar-refractivity contribution < 1.29 is 22.7 Å². The fourth-order valence-electron chi connectivity index (χ4n) is 3.86. The van der Waals surface area contributed by atoms with Crippen molar-refractivity contribution in [1.29, 1.82) is 0 Å². The molecule has 1 amide bonds. The summed E-state index contributed by atoms with van der Waals surface area (Å²) >= 11 is 0. The molecule has 0 fully saturated rings. The highest BCUT2D eigenvalue weighted by Crippen LogP contribution is 2.36. The lowest BCUT2D eigenvalue weighted by molar-refractivity contribution is -0.124. The van der Waals surface area contributed by atoms with E-state index in [2.05, 4.69) is 5.32 Å². The second-order valence-corrected chi connectivity index (χ2v) is 9.66. The Morgan fingerprint density at radius 2 is 1.73 bits per heavy atom. The smallest absolute Gasteiger partial charge is 0.338 e. The van der Waals surface area contributed by atoms with Crippen molar-refractivity contribution in [3.8, 4) is 0 Å². The van der Waals surface area contributed by atoms with E-state index in [1.807, 2.05) is 49.4 Å². The number of ether oxygens (including phenoxy) is 1. The van der Waals surface area contributed by atoms with Crippen LogP contribution in [0.1, 0.15) is 28.4 Å². The van der Waals surface area contributed by atoms with Gasteiger partial charge < -0.3 is 10.1 Å². The number of hydrogen-bond donors (Lipinski definition) is 1. The number of nitrogens with zero attached hydrogens (tertiary/aromatic N) is 1. The van der Waals surface area contributed by atoms with E-state index in [9.17, 15) is 18.0 Å². The first kappa shape index (κ1) is 22.5. The van der Waals surface area contributed by atoms with Crippen molar-refractivity contribution in [2.45, 2.75) is 30.8 Å². The van der Waals surface area contributed by atoms with Gasteiger partial charge in [-0.25, -0.2) is 13.2 Å². The summed E-state index contributed by atoms with van der Waals surface area (Å²) in [7, 11) is -3.88. The van der Waals surface area contributed by atoms with Crippen LogP contribution in [0.3, 0.4) is 0 Å². The number of benzene rings is 3. The summed E-state index contributed by atoms with van der Waals surface area (Å²) in [6.07, 6.45) is 0.620. The lowest BCUT2D eigenvalue weighted by Gasteiger charge is -2.24. The van der Waals surface area contributed by atoms with Gasteiger partial charge in [-0.1, -0.05) is 54.6 Å². The zero-order valence-electron chi connectivity index (χ0n) is 18.1. The Morgan fingerprint density at radius 1 is 1.00 bits per heavy atom. The van der Waals surface area contributed by atoms with Gasteiger partial charge in [0.25, 0.3) is 15.9 Å². The van der Waals surface area contributed by atoms with Crippen LogP contribution in [0.25, 0.3) is 0 Å². The zero-order chi connectivity index (χ0) is 23.4. The number of para-hydroxylation sites is 1. The molecule has 1 aliphatic rings. The van der Waals surface area contributed by atoms with E-state index < -0.39 is 28.5 Å². The molecule has 1 N–H and O–H groups in total. The number of esters is 1. The van der Waals surface area contributed by atoms with E-state index in [4.69, 9.17) is 4.74 Å². The van der Waals surface area contributed by atoms with Gasteiger partial charge in [0, 0.05) is 12.6 Å². The van der Waals surface area contributed by atoms with Crippen LogP contribution < -0.4 is 9.62 Å². The quantitative estimate of drug-likeness (QED) is 0.542. The molecule has 170 valence electrons. The fraction of sp³-hybridized carbons (Fsp3) is 0.200. The maximum atomic E-state index is 13.4. The number of carbonyl (C=O) groups excluding carboxylic acids is 2. The summed E-state index contributed by atoms with van der Waals surface area (Å²) in [5.41, 5.74) is 2.60. The average molecular weight is 465 g/mol. The summed E-state index contributed by atoms with van der Waals surface area (Å²) in [5.74, 6) is -1.21. The van der Waals surface area contributed by atoms with Crippen LogP contribution in [0.5, 0.6) is 0 Å². The first-order valence-electron chi connectivity index (χ1n) is 10.6. The molecular formula is C25H24N2O5S. The second kappa shape index (κ2) is 9.46. The molecular weight excluding hydrogens is 440 g/mol. The van der Waals surface area contributed by atoms with Gasteiger partial charge in [0.15, 0.2) is 6.61 Å². The van der Waals surface area contributed by atoms with Crippen LogP contribution in [-0.4, -0.2) is 32.9 Å². The molecule has 0 aliphatic carbocycles. The Hall–Kier alpha value is -3.65. The largest absolute Gasteiger partial charge is 0.452 e. The standard InChI is InChI=1S/C25H24N2O5S/c1-18-14-20-10-5-6-13-23(20)27(18)33(30,31)22-12-7-11-21(15-22)25(29)32-17-24(28)26-16-19-8-3-2-4-9-19/h2-13,15,18H,14,16-17H2,1H3,(H,26,28). The SMILES string of the molecule is CC1Cc2ccccc2N1S(=O)(=O)c1cccc(C(=O)OCC(=O)NCc2ccccc2)c1. The molecule has 1 aliphatic heterocycles. The molecule has 1 heterocycles. The molecule has 1 unspecified atom stereocenters. The van der Waals surface area contributed by atoms with E-state index in [0.717, 1.165) is 11.1 Å². The maximum Gasteiger partial charge on any atom is 0.338 e. The van der Waals surface area contributed by atoms with Crippen LogP contribution in [0.15, 0.2) is 83.8 Å². The molecule has 3 aromatic carbocycles. The number of carbonyl (C=O) groups is 2. The highest BCUT2D eigenvalue weighted by Gasteiger charge is 2.36. The monoisotopic (exact) mass is 464 g/mol. The number of hydrogen-bond acceptors (Lipinski definition) is 5.